The van der Waals surface area contributed by atoms with Crippen molar-refractivity contribution in [3.05, 3.63) is 35.9 Å². The Kier molecular flexibility index (Phi) is 6.74. The van der Waals surface area contributed by atoms with Gasteiger partial charge in [-0.1, -0.05) is 37.3 Å². The quantitative estimate of drug-likeness (QED) is 0.783. The van der Waals surface area contributed by atoms with Gasteiger partial charge in [0.2, 0.25) is 5.91 Å². The summed E-state index contributed by atoms with van der Waals surface area (Å²) in [7, 11) is 0. The highest BCUT2D eigenvalue weighted by molar-refractivity contribution is 5.76. The molecule has 116 valence electrons. The van der Waals surface area contributed by atoms with Gasteiger partial charge in [-0.2, -0.15) is 0 Å². The molecule has 0 aliphatic carbocycles. The lowest BCUT2D eigenvalue weighted by atomic mass is 10.0. The molecule has 0 bridgehead atoms. The molecule has 1 amide bonds. The Morgan fingerprint density at radius 3 is 2.90 bits per heavy atom. The molecule has 0 aromatic heterocycles. The number of carbonyl (C=O) groups excluding carboxylic acids is 1. The van der Waals surface area contributed by atoms with Crippen LogP contribution in [0.25, 0.3) is 0 Å². The molecule has 1 N–H and O–H groups in total. The fraction of sp³-hybridized carbons (Fsp3) is 0.611. The lowest BCUT2D eigenvalue weighted by Crippen LogP contribution is -2.37. The highest BCUT2D eigenvalue weighted by Gasteiger charge is 2.16. The number of carbonyl (C=O) groups is 1. The van der Waals surface area contributed by atoms with Crippen LogP contribution in [0.3, 0.4) is 0 Å². The first kappa shape index (κ1) is 16.0. The fourth-order valence-electron chi connectivity index (χ4n) is 3.00. The number of rotatable bonds is 7. The number of hydrogen-bond acceptors (Lipinski definition) is 2. The summed E-state index contributed by atoms with van der Waals surface area (Å²) in [5.74, 6) is 0.981. The highest BCUT2D eigenvalue weighted by atomic mass is 16.1. The molecule has 0 saturated carbocycles. The number of piperidine rings is 1. The first-order chi connectivity index (χ1) is 10.2. The van der Waals surface area contributed by atoms with Crippen LogP contribution < -0.4 is 5.32 Å². The summed E-state index contributed by atoms with van der Waals surface area (Å²) in [6, 6.07) is 10.4. The Hall–Kier alpha value is -1.35. The third-order valence-corrected chi connectivity index (χ3v) is 4.20. The van der Waals surface area contributed by atoms with Crippen LogP contribution in [-0.2, 0) is 11.2 Å². The van der Waals surface area contributed by atoms with Gasteiger partial charge in [0, 0.05) is 26.1 Å². The Balaban J connectivity index is 1.53. The number of nitrogens with one attached hydrogen (secondary N) is 1. The smallest absolute Gasteiger partial charge is 0.221 e. The van der Waals surface area contributed by atoms with Crippen LogP contribution in [0.15, 0.2) is 30.3 Å². The second-order valence-electron chi connectivity index (χ2n) is 6.24. The van der Waals surface area contributed by atoms with Crippen molar-refractivity contribution in [3.63, 3.8) is 0 Å². The SMILES string of the molecule is CC1CCCN(CCC(=O)NCCCc2ccccc2)C1. The first-order valence-corrected chi connectivity index (χ1v) is 8.27. The van der Waals surface area contributed by atoms with Gasteiger partial charge in [-0.3, -0.25) is 4.79 Å². The van der Waals surface area contributed by atoms with E-state index in [0.29, 0.717) is 6.42 Å². The van der Waals surface area contributed by atoms with Crippen molar-refractivity contribution in [1.82, 2.24) is 10.2 Å². The molecule has 0 radical (unpaired) electrons. The lowest BCUT2D eigenvalue weighted by molar-refractivity contribution is -0.121. The van der Waals surface area contributed by atoms with E-state index in [1.165, 1.54) is 18.4 Å². The number of hydrogen-bond donors (Lipinski definition) is 1. The van der Waals surface area contributed by atoms with Crippen LogP contribution in [0, 0.1) is 5.92 Å². The summed E-state index contributed by atoms with van der Waals surface area (Å²) < 4.78 is 0. The minimum Gasteiger partial charge on any atom is -0.356 e. The zero-order valence-corrected chi connectivity index (χ0v) is 13.2. The maximum atomic E-state index is 11.8. The number of benzene rings is 1. The number of amides is 1. The predicted molar refractivity (Wildman–Crippen MR) is 87.2 cm³/mol. The summed E-state index contributed by atoms with van der Waals surface area (Å²) >= 11 is 0. The minimum absolute atomic E-state index is 0.196. The Labute approximate surface area is 128 Å². The van der Waals surface area contributed by atoms with Crippen molar-refractivity contribution in [2.45, 2.75) is 39.0 Å². The van der Waals surface area contributed by atoms with Crippen LogP contribution in [0.4, 0.5) is 0 Å². The van der Waals surface area contributed by atoms with E-state index in [2.05, 4.69) is 41.4 Å². The Morgan fingerprint density at radius 1 is 1.33 bits per heavy atom. The zero-order chi connectivity index (χ0) is 14.9. The standard InChI is InChI=1S/C18H28N2O/c1-16-7-6-13-20(15-16)14-11-18(21)19-12-5-10-17-8-3-2-4-9-17/h2-4,8-9,16H,5-7,10-15H2,1H3,(H,19,21). The summed E-state index contributed by atoms with van der Waals surface area (Å²) in [6.45, 7) is 6.31. The largest absolute Gasteiger partial charge is 0.356 e. The summed E-state index contributed by atoms with van der Waals surface area (Å²) in [4.78, 5) is 14.3. The van der Waals surface area contributed by atoms with Gasteiger partial charge >= 0.3 is 0 Å². The van der Waals surface area contributed by atoms with E-state index in [-0.39, 0.29) is 5.91 Å². The fourth-order valence-corrected chi connectivity index (χ4v) is 3.00. The average molecular weight is 288 g/mol. The van der Waals surface area contributed by atoms with Crippen molar-refractivity contribution in [1.29, 1.82) is 0 Å². The van der Waals surface area contributed by atoms with Crippen molar-refractivity contribution in [2.24, 2.45) is 5.92 Å². The van der Waals surface area contributed by atoms with E-state index in [0.717, 1.165) is 44.9 Å². The molecule has 1 aromatic carbocycles. The molecule has 1 aliphatic heterocycles. The second kappa shape index (κ2) is 8.83. The molecular weight excluding hydrogens is 260 g/mol. The van der Waals surface area contributed by atoms with Gasteiger partial charge in [0.15, 0.2) is 0 Å². The monoisotopic (exact) mass is 288 g/mol. The molecule has 1 saturated heterocycles. The maximum Gasteiger partial charge on any atom is 0.221 e. The van der Waals surface area contributed by atoms with Gasteiger partial charge in [0.25, 0.3) is 0 Å². The van der Waals surface area contributed by atoms with Crippen LogP contribution in [0.1, 0.15) is 38.2 Å². The van der Waals surface area contributed by atoms with Crippen molar-refractivity contribution < 1.29 is 4.79 Å². The van der Waals surface area contributed by atoms with E-state index < -0.39 is 0 Å². The van der Waals surface area contributed by atoms with Crippen LogP contribution >= 0.6 is 0 Å². The van der Waals surface area contributed by atoms with Gasteiger partial charge in [-0.15, -0.1) is 0 Å². The lowest BCUT2D eigenvalue weighted by Gasteiger charge is -2.30. The van der Waals surface area contributed by atoms with Gasteiger partial charge < -0.3 is 10.2 Å². The molecule has 3 nitrogen and oxygen atoms in total. The highest BCUT2D eigenvalue weighted by Crippen LogP contribution is 2.15. The van der Waals surface area contributed by atoms with E-state index in [4.69, 9.17) is 0 Å². The molecule has 1 aliphatic rings. The first-order valence-electron chi connectivity index (χ1n) is 8.27. The maximum absolute atomic E-state index is 11.8. The molecule has 1 unspecified atom stereocenters. The second-order valence-corrected chi connectivity index (χ2v) is 6.24. The number of likely N-dealkylation sites (tertiary alicyclic amines) is 1. The minimum atomic E-state index is 0.196. The molecule has 1 aromatic rings. The van der Waals surface area contributed by atoms with Crippen molar-refractivity contribution in [3.8, 4) is 0 Å². The van der Waals surface area contributed by atoms with Gasteiger partial charge in [-0.25, -0.2) is 0 Å². The predicted octanol–water partition coefficient (Wildman–Crippen LogP) is 2.86. The van der Waals surface area contributed by atoms with Crippen LogP contribution in [0.5, 0.6) is 0 Å². The van der Waals surface area contributed by atoms with Gasteiger partial charge in [0.05, 0.1) is 0 Å². The number of nitrogens with zero attached hydrogens (tertiary/aromatic N) is 1. The Morgan fingerprint density at radius 2 is 2.14 bits per heavy atom. The van der Waals surface area contributed by atoms with Gasteiger partial charge in [0.1, 0.15) is 0 Å². The molecular formula is C18H28N2O. The summed E-state index contributed by atoms with van der Waals surface area (Å²) in [6.07, 6.45) is 5.29. The summed E-state index contributed by atoms with van der Waals surface area (Å²) in [5, 5.41) is 3.04. The summed E-state index contributed by atoms with van der Waals surface area (Å²) in [5.41, 5.74) is 1.34. The molecule has 21 heavy (non-hydrogen) atoms. The molecule has 3 heteroatoms. The van der Waals surface area contributed by atoms with E-state index >= 15 is 0 Å². The zero-order valence-electron chi connectivity index (χ0n) is 13.2. The molecule has 1 fully saturated rings. The Bertz CT molecular complexity index is 418. The molecule has 0 spiro atoms. The van der Waals surface area contributed by atoms with Crippen molar-refractivity contribution in [2.75, 3.05) is 26.2 Å². The van der Waals surface area contributed by atoms with Gasteiger partial charge in [-0.05, 0) is 43.7 Å². The average Bonchev–Trinajstić information content (AvgIpc) is 2.51. The van der Waals surface area contributed by atoms with E-state index in [1.807, 2.05) is 6.07 Å². The normalized spacial score (nSPS) is 19.4. The number of aryl methyl sites for hydroxylation is 1. The third-order valence-electron chi connectivity index (χ3n) is 4.20. The van der Waals surface area contributed by atoms with E-state index in [9.17, 15) is 4.79 Å². The topological polar surface area (TPSA) is 32.3 Å². The van der Waals surface area contributed by atoms with Crippen LogP contribution in [-0.4, -0.2) is 37.0 Å². The molecule has 2 rings (SSSR count). The van der Waals surface area contributed by atoms with E-state index in [1.54, 1.807) is 0 Å². The van der Waals surface area contributed by atoms with Crippen LogP contribution in [0.2, 0.25) is 0 Å². The molecule has 1 atom stereocenters. The van der Waals surface area contributed by atoms with Crippen molar-refractivity contribution >= 4 is 5.91 Å². The molecule has 1 heterocycles. The third kappa shape index (κ3) is 6.30.